The van der Waals surface area contributed by atoms with Crippen LogP contribution >= 0.6 is 11.6 Å². The van der Waals surface area contributed by atoms with Crippen LogP contribution in [0.2, 0.25) is 5.02 Å². The zero-order chi connectivity index (χ0) is 21.5. The van der Waals surface area contributed by atoms with Gasteiger partial charge in [0.1, 0.15) is 5.75 Å². The molecule has 1 fully saturated rings. The number of oxime groups is 1. The SMILES string of the molecule is COc1cc(OC)c(C2=NO[C@@]3(CC(=O)N(c4cccc(Cl)c4)C3=O)C2)cc1OC. The fraction of sp³-hybridized carbons (Fsp3) is 0.286. The first-order chi connectivity index (χ1) is 14.4. The number of hydrogen-bond acceptors (Lipinski definition) is 7. The molecule has 4 rings (SSSR count). The Morgan fingerprint density at radius 2 is 1.70 bits per heavy atom. The van der Waals surface area contributed by atoms with Crippen molar-refractivity contribution in [1.29, 1.82) is 0 Å². The largest absolute Gasteiger partial charge is 0.496 e. The number of benzene rings is 2. The molecule has 2 aliphatic rings. The number of carbonyl (C=O) groups is 2. The van der Waals surface area contributed by atoms with Gasteiger partial charge in [0.15, 0.2) is 11.5 Å². The van der Waals surface area contributed by atoms with Crippen LogP contribution in [0.5, 0.6) is 17.2 Å². The number of ether oxygens (including phenoxy) is 3. The second-order valence-corrected chi connectivity index (χ2v) is 7.34. The van der Waals surface area contributed by atoms with Gasteiger partial charge < -0.3 is 19.0 Å². The van der Waals surface area contributed by atoms with Gasteiger partial charge >= 0.3 is 0 Å². The average Bonchev–Trinajstić information content (AvgIpc) is 3.27. The van der Waals surface area contributed by atoms with Crippen LogP contribution in [0, 0.1) is 0 Å². The predicted octanol–water partition coefficient (Wildman–Crippen LogP) is 3.19. The standard InChI is InChI=1S/C21H19ClN2O6/c1-27-16-9-18(29-3)17(28-2)8-14(16)15-10-21(30-23-15)11-19(25)24(20(21)26)13-6-4-5-12(22)7-13/h4-9H,10-11H2,1-3H3/t21-/m1/s1. The Bertz CT molecular complexity index is 1070. The average molecular weight is 431 g/mol. The predicted molar refractivity (Wildman–Crippen MR) is 110 cm³/mol. The third kappa shape index (κ3) is 3.13. The minimum Gasteiger partial charge on any atom is -0.496 e. The molecular formula is C21H19ClN2O6. The van der Waals surface area contributed by atoms with E-state index in [1.165, 1.54) is 21.3 Å². The van der Waals surface area contributed by atoms with Crippen LogP contribution in [-0.2, 0) is 14.4 Å². The van der Waals surface area contributed by atoms with Gasteiger partial charge in [-0.05, 0) is 24.3 Å². The maximum atomic E-state index is 13.2. The van der Waals surface area contributed by atoms with E-state index in [2.05, 4.69) is 5.16 Å². The summed E-state index contributed by atoms with van der Waals surface area (Å²) >= 11 is 6.02. The van der Waals surface area contributed by atoms with Gasteiger partial charge in [-0.15, -0.1) is 0 Å². The molecule has 1 spiro atoms. The Labute approximate surface area is 177 Å². The van der Waals surface area contributed by atoms with Crippen LogP contribution in [-0.4, -0.2) is 44.5 Å². The topological polar surface area (TPSA) is 86.7 Å². The Balaban J connectivity index is 1.66. The molecule has 2 aromatic rings. The summed E-state index contributed by atoms with van der Waals surface area (Å²) in [6.45, 7) is 0. The fourth-order valence-corrected chi connectivity index (χ4v) is 3.86. The first-order valence-corrected chi connectivity index (χ1v) is 9.48. The molecule has 156 valence electrons. The van der Waals surface area contributed by atoms with Crippen LogP contribution < -0.4 is 19.1 Å². The smallest absolute Gasteiger partial charge is 0.281 e. The zero-order valence-corrected chi connectivity index (χ0v) is 17.4. The van der Waals surface area contributed by atoms with Gasteiger partial charge in [0, 0.05) is 23.1 Å². The molecule has 0 N–H and O–H groups in total. The van der Waals surface area contributed by atoms with E-state index in [9.17, 15) is 9.59 Å². The summed E-state index contributed by atoms with van der Waals surface area (Å²) in [6.07, 6.45) is -0.0125. The molecule has 8 nitrogen and oxygen atoms in total. The lowest BCUT2D eigenvalue weighted by atomic mass is 9.92. The molecule has 0 unspecified atom stereocenters. The molecular weight excluding hydrogens is 412 g/mol. The molecule has 1 atom stereocenters. The molecule has 2 amide bonds. The molecule has 2 heterocycles. The number of nitrogens with zero attached hydrogens (tertiary/aromatic N) is 2. The van der Waals surface area contributed by atoms with Crippen molar-refractivity contribution in [2.75, 3.05) is 26.2 Å². The third-order valence-corrected chi connectivity index (χ3v) is 5.38. The van der Waals surface area contributed by atoms with Gasteiger partial charge in [-0.2, -0.15) is 0 Å². The second-order valence-electron chi connectivity index (χ2n) is 6.90. The molecule has 9 heteroatoms. The first-order valence-electron chi connectivity index (χ1n) is 9.11. The molecule has 0 aromatic heterocycles. The van der Waals surface area contributed by atoms with Gasteiger partial charge in [0.05, 0.1) is 39.1 Å². The highest BCUT2D eigenvalue weighted by atomic mass is 35.5. The molecule has 2 aliphatic heterocycles. The Kier molecular flexibility index (Phi) is 5.03. The maximum Gasteiger partial charge on any atom is 0.281 e. The van der Waals surface area contributed by atoms with Crippen molar-refractivity contribution < 1.29 is 28.6 Å². The van der Waals surface area contributed by atoms with Gasteiger partial charge in [0.25, 0.3) is 5.91 Å². The summed E-state index contributed by atoms with van der Waals surface area (Å²) in [5.74, 6) is 0.597. The lowest BCUT2D eigenvalue weighted by Gasteiger charge is -2.19. The van der Waals surface area contributed by atoms with Crippen LogP contribution in [0.4, 0.5) is 5.69 Å². The second kappa shape index (κ2) is 7.53. The number of amides is 2. The van der Waals surface area contributed by atoms with Crippen LogP contribution in [0.3, 0.4) is 0 Å². The number of anilines is 1. The van der Waals surface area contributed by atoms with Gasteiger partial charge in [-0.1, -0.05) is 22.8 Å². The van der Waals surface area contributed by atoms with Gasteiger partial charge in [0.2, 0.25) is 11.5 Å². The Morgan fingerprint density at radius 3 is 2.37 bits per heavy atom. The van der Waals surface area contributed by atoms with E-state index in [0.717, 1.165) is 4.90 Å². The highest BCUT2D eigenvalue weighted by molar-refractivity contribution is 6.31. The van der Waals surface area contributed by atoms with Crippen molar-refractivity contribution in [3.63, 3.8) is 0 Å². The van der Waals surface area contributed by atoms with E-state index in [4.69, 9.17) is 30.6 Å². The van der Waals surface area contributed by atoms with Crippen LogP contribution in [0.1, 0.15) is 18.4 Å². The number of rotatable bonds is 5. The van der Waals surface area contributed by atoms with Crippen molar-refractivity contribution in [1.82, 2.24) is 0 Å². The van der Waals surface area contributed by atoms with E-state index in [-0.39, 0.29) is 18.7 Å². The van der Waals surface area contributed by atoms with E-state index < -0.39 is 11.5 Å². The van der Waals surface area contributed by atoms with Crippen molar-refractivity contribution in [3.05, 3.63) is 47.0 Å². The summed E-state index contributed by atoms with van der Waals surface area (Å²) in [7, 11) is 4.56. The van der Waals surface area contributed by atoms with E-state index >= 15 is 0 Å². The number of imide groups is 1. The monoisotopic (exact) mass is 430 g/mol. The molecule has 0 aliphatic carbocycles. The number of hydrogen-bond donors (Lipinski definition) is 0. The Morgan fingerprint density at radius 1 is 1.00 bits per heavy atom. The quantitative estimate of drug-likeness (QED) is 0.677. The van der Waals surface area contributed by atoms with Crippen molar-refractivity contribution in [3.8, 4) is 17.2 Å². The summed E-state index contributed by atoms with van der Waals surface area (Å²) < 4.78 is 16.1. The molecule has 1 saturated heterocycles. The Hall–Kier alpha value is -3.26. The molecule has 2 aromatic carbocycles. The normalized spacial score (nSPS) is 20.4. The minimum absolute atomic E-state index is 0.112. The van der Waals surface area contributed by atoms with Gasteiger partial charge in [-0.3, -0.25) is 9.59 Å². The molecule has 0 saturated carbocycles. The van der Waals surface area contributed by atoms with Crippen molar-refractivity contribution in [2.24, 2.45) is 5.16 Å². The summed E-state index contributed by atoms with van der Waals surface area (Å²) in [4.78, 5) is 32.5. The minimum atomic E-state index is -1.40. The number of methoxy groups -OCH3 is 3. The third-order valence-electron chi connectivity index (χ3n) is 5.15. The summed E-state index contributed by atoms with van der Waals surface area (Å²) in [6, 6.07) is 9.92. The number of halogens is 1. The zero-order valence-electron chi connectivity index (χ0n) is 16.6. The van der Waals surface area contributed by atoms with E-state index in [1.54, 1.807) is 36.4 Å². The van der Waals surface area contributed by atoms with E-state index in [0.29, 0.717) is 39.2 Å². The highest BCUT2D eigenvalue weighted by Crippen LogP contribution is 2.42. The lowest BCUT2D eigenvalue weighted by Crippen LogP contribution is -2.40. The lowest BCUT2D eigenvalue weighted by molar-refractivity contribution is -0.136. The van der Waals surface area contributed by atoms with Crippen molar-refractivity contribution in [2.45, 2.75) is 18.4 Å². The molecule has 30 heavy (non-hydrogen) atoms. The van der Waals surface area contributed by atoms with Crippen molar-refractivity contribution >= 4 is 34.8 Å². The van der Waals surface area contributed by atoms with Crippen LogP contribution in [0.15, 0.2) is 41.6 Å². The fourth-order valence-electron chi connectivity index (χ4n) is 3.68. The summed E-state index contributed by atoms with van der Waals surface area (Å²) in [5.41, 5.74) is 0.0675. The molecule has 0 bridgehead atoms. The number of carbonyl (C=O) groups excluding carboxylic acids is 2. The van der Waals surface area contributed by atoms with Crippen LogP contribution in [0.25, 0.3) is 0 Å². The summed E-state index contributed by atoms with van der Waals surface area (Å²) in [5, 5.41) is 4.55. The van der Waals surface area contributed by atoms with Gasteiger partial charge in [-0.25, -0.2) is 4.90 Å². The maximum absolute atomic E-state index is 13.2. The molecule has 0 radical (unpaired) electrons. The highest BCUT2D eigenvalue weighted by Gasteiger charge is 2.58. The van der Waals surface area contributed by atoms with E-state index in [1.807, 2.05) is 0 Å². The first kappa shape index (κ1) is 20.0.